The molecule has 9 nitrogen and oxygen atoms in total. The summed E-state index contributed by atoms with van der Waals surface area (Å²) in [7, 11) is -4.36. The number of unbranched alkanes of at least 4 members (excludes halogenated alkanes) is 25. The molecule has 0 saturated heterocycles. The second-order valence-electron chi connectivity index (χ2n) is 14.4. The molecule has 0 radical (unpaired) electrons. The third-order valence-corrected chi connectivity index (χ3v) is 10.5. The van der Waals surface area contributed by atoms with E-state index in [2.05, 4.69) is 19.2 Å². The Kier molecular flexibility index (Phi) is 35.4. The van der Waals surface area contributed by atoms with Gasteiger partial charge in [0.2, 0.25) is 5.91 Å². The highest BCUT2D eigenvalue weighted by Gasteiger charge is 2.28. The van der Waals surface area contributed by atoms with Crippen molar-refractivity contribution in [2.24, 2.45) is 5.73 Å². The number of hydrogen-bond acceptors (Lipinski definition) is 7. The van der Waals surface area contributed by atoms with Crippen molar-refractivity contribution < 1.29 is 33.5 Å². The molecule has 0 aliphatic rings. The Morgan fingerprint density at radius 3 is 1.37 bits per heavy atom. The van der Waals surface area contributed by atoms with E-state index in [-0.39, 0.29) is 26.2 Å². The van der Waals surface area contributed by atoms with Gasteiger partial charge < -0.3 is 26.2 Å². The summed E-state index contributed by atoms with van der Waals surface area (Å²) in [5.74, 6) is -0.412. The molecule has 0 fully saturated rings. The van der Waals surface area contributed by atoms with Gasteiger partial charge in [-0.3, -0.25) is 13.8 Å². The maximum absolute atomic E-state index is 12.8. The maximum atomic E-state index is 12.8. The van der Waals surface area contributed by atoms with Gasteiger partial charge in [0.25, 0.3) is 0 Å². The Morgan fingerprint density at radius 2 is 0.980 bits per heavy atom. The molecule has 0 heterocycles. The van der Waals surface area contributed by atoms with Crippen LogP contribution in [-0.4, -0.2) is 59.0 Å². The maximum Gasteiger partial charge on any atom is 0.472 e. The van der Waals surface area contributed by atoms with Gasteiger partial charge in [-0.05, 0) is 12.8 Å². The van der Waals surface area contributed by atoms with Crippen LogP contribution in [0.15, 0.2) is 0 Å². The predicted molar refractivity (Wildman–Crippen MR) is 205 cm³/mol. The fourth-order valence-corrected chi connectivity index (χ4v) is 7.12. The van der Waals surface area contributed by atoms with Crippen LogP contribution < -0.4 is 11.1 Å². The van der Waals surface area contributed by atoms with Crippen molar-refractivity contribution in [2.75, 3.05) is 19.8 Å². The van der Waals surface area contributed by atoms with Crippen molar-refractivity contribution in [2.45, 2.75) is 225 Å². The normalized spacial score (nSPS) is 14.8. The molecule has 0 aromatic carbocycles. The Labute approximate surface area is 302 Å². The number of carbonyl (C=O) groups is 1. The third kappa shape index (κ3) is 34.3. The van der Waals surface area contributed by atoms with Crippen LogP contribution in [0, 0.1) is 0 Å². The zero-order valence-corrected chi connectivity index (χ0v) is 33.0. The lowest BCUT2D eigenvalue weighted by Gasteiger charge is -2.25. The number of rotatable bonds is 39. The summed E-state index contributed by atoms with van der Waals surface area (Å²) < 4.78 is 22.0. The van der Waals surface area contributed by atoms with Gasteiger partial charge >= 0.3 is 7.82 Å². The van der Waals surface area contributed by atoms with E-state index >= 15 is 0 Å². The third-order valence-electron chi connectivity index (χ3n) is 9.52. The summed E-state index contributed by atoms with van der Waals surface area (Å²) in [5.41, 5.74) is 5.34. The molecule has 0 aliphatic heterocycles. The fourth-order valence-electron chi connectivity index (χ4n) is 6.36. The number of aliphatic hydroxyl groups excluding tert-OH is 2. The number of phosphoric acid groups is 1. The van der Waals surface area contributed by atoms with Gasteiger partial charge in [-0.15, -0.1) is 0 Å². The predicted octanol–water partition coefficient (Wildman–Crippen LogP) is 10.0. The molecule has 294 valence electrons. The molecule has 10 heteroatoms. The Balaban J connectivity index is 4.10. The monoisotopic (exact) mass is 721 g/mol. The van der Waals surface area contributed by atoms with Gasteiger partial charge in [-0.25, -0.2) is 4.57 Å². The molecule has 0 rings (SSSR count). The molecule has 0 aromatic rings. The van der Waals surface area contributed by atoms with Crippen LogP contribution in [0.4, 0.5) is 0 Å². The van der Waals surface area contributed by atoms with Gasteiger partial charge in [0, 0.05) is 6.54 Å². The van der Waals surface area contributed by atoms with Crippen LogP contribution in [-0.2, 0) is 18.4 Å². The van der Waals surface area contributed by atoms with Gasteiger partial charge in [0.05, 0.1) is 37.9 Å². The number of carbonyl (C=O) groups excluding carboxylic acids is 1. The SMILES string of the molecule is CCCCCCCCCCCCCCCCCCCCCC(O)CC(=O)NC(COP(=O)(O)OCCN)C(O)CCCCCCCCCC. The number of phosphoric ester groups is 1. The van der Waals surface area contributed by atoms with Crippen LogP contribution in [0.3, 0.4) is 0 Å². The molecule has 4 atom stereocenters. The van der Waals surface area contributed by atoms with E-state index in [1.165, 1.54) is 135 Å². The van der Waals surface area contributed by atoms with Crippen molar-refractivity contribution >= 4 is 13.7 Å². The summed E-state index contributed by atoms with van der Waals surface area (Å²) >= 11 is 0. The highest BCUT2D eigenvalue weighted by molar-refractivity contribution is 7.47. The highest BCUT2D eigenvalue weighted by Crippen LogP contribution is 2.43. The molecule has 0 aliphatic carbocycles. The van der Waals surface area contributed by atoms with E-state index in [1.54, 1.807) is 0 Å². The van der Waals surface area contributed by atoms with E-state index < -0.39 is 32.0 Å². The van der Waals surface area contributed by atoms with Crippen LogP contribution in [0.5, 0.6) is 0 Å². The topological polar surface area (TPSA) is 151 Å². The lowest BCUT2D eigenvalue weighted by atomic mass is 10.0. The van der Waals surface area contributed by atoms with E-state index in [4.69, 9.17) is 14.8 Å². The minimum Gasteiger partial charge on any atom is -0.393 e. The Hall–Kier alpha value is -0.540. The molecular formula is C39H81N2O7P. The average Bonchev–Trinajstić information content (AvgIpc) is 3.07. The lowest BCUT2D eigenvalue weighted by molar-refractivity contribution is -0.125. The van der Waals surface area contributed by atoms with Gasteiger partial charge in [-0.2, -0.15) is 0 Å². The zero-order chi connectivity index (χ0) is 36.3. The van der Waals surface area contributed by atoms with Crippen molar-refractivity contribution in [3.05, 3.63) is 0 Å². The minimum atomic E-state index is -4.36. The first kappa shape index (κ1) is 48.5. The quantitative estimate of drug-likeness (QED) is 0.0311. The summed E-state index contributed by atoms with van der Waals surface area (Å²) in [6, 6.07) is -0.888. The standard InChI is InChI=1S/C39H81N2O7P/c1-3-5-7-9-11-13-14-15-16-17-18-19-20-21-22-23-24-26-28-30-36(42)34-39(44)41-37(35-48-49(45,46)47-33-32-40)38(43)31-29-27-25-12-10-8-6-4-2/h36-38,42-43H,3-35,40H2,1-2H3,(H,41,44)(H,45,46). The number of aliphatic hydroxyl groups is 2. The number of nitrogens with two attached hydrogens (primary N) is 1. The molecule has 0 spiro atoms. The van der Waals surface area contributed by atoms with Gasteiger partial charge in [0.1, 0.15) is 0 Å². The molecular weight excluding hydrogens is 639 g/mol. The largest absolute Gasteiger partial charge is 0.472 e. The van der Waals surface area contributed by atoms with E-state index in [0.717, 1.165) is 38.5 Å². The van der Waals surface area contributed by atoms with Crippen LogP contribution in [0.2, 0.25) is 0 Å². The highest BCUT2D eigenvalue weighted by atomic mass is 31.2. The second-order valence-corrected chi connectivity index (χ2v) is 15.9. The minimum absolute atomic E-state index is 0.0620. The molecule has 0 bridgehead atoms. The average molecular weight is 721 g/mol. The van der Waals surface area contributed by atoms with Crippen LogP contribution in [0.1, 0.15) is 206 Å². The summed E-state index contributed by atoms with van der Waals surface area (Å²) in [6.07, 6.45) is 33.1. The van der Waals surface area contributed by atoms with Gasteiger partial charge in [-0.1, -0.05) is 187 Å². The van der Waals surface area contributed by atoms with Crippen molar-refractivity contribution in [3.63, 3.8) is 0 Å². The van der Waals surface area contributed by atoms with Crippen molar-refractivity contribution in [3.8, 4) is 0 Å². The van der Waals surface area contributed by atoms with Crippen LogP contribution >= 0.6 is 7.82 Å². The summed E-state index contributed by atoms with van der Waals surface area (Å²) in [4.78, 5) is 22.6. The van der Waals surface area contributed by atoms with Crippen LogP contribution in [0.25, 0.3) is 0 Å². The van der Waals surface area contributed by atoms with Crippen molar-refractivity contribution in [1.82, 2.24) is 5.32 Å². The molecule has 0 saturated carbocycles. The first-order valence-electron chi connectivity index (χ1n) is 20.7. The van der Waals surface area contributed by atoms with E-state index in [0.29, 0.717) is 12.8 Å². The van der Waals surface area contributed by atoms with Crippen molar-refractivity contribution in [1.29, 1.82) is 0 Å². The number of hydrogen-bond donors (Lipinski definition) is 5. The number of amides is 1. The molecule has 6 N–H and O–H groups in total. The molecule has 4 unspecified atom stereocenters. The molecule has 49 heavy (non-hydrogen) atoms. The first-order chi connectivity index (χ1) is 23.8. The molecule has 1 amide bonds. The number of nitrogens with one attached hydrogen (secondary N) is 1. The van der Waals surface area contributed by atoms with E-state index in [9.17, 15) is 24.5 Å². The first-order valence-corrected chi connectivity index (χ1v) is 22.2. The Morgan fingerprint density at radius 1 is 0.612 bits per heavy atom. The molecule has 0 aromatic heterocycles. The fraction of sp³-hybridized carbons (Fsp3) is 0.974. The smallest absolute Gasteiger partial charge is 0.393 e. The van der Waals surface area contributed by atoms with Gasteiger partial charge in [0.15, 0.2) is 0 Å². The summed E-state index contributed by atoms with van der Waals surface area (Å²) in [6.45, 7) is 4.02. The second kappa shape index (κ2) is 35.8. The lowest BCUT2D eigenvalue weighted by Crippen LogP contribution is -2.47. The Bertz CT molecular complexity index is 761. The summed E-state index contributed by atoms with van der Waals surface area (Å²) in [5, 5.41) is 24.0. The van der Waals surface area contributed by atoms with E-state index in [1.807, 2.05) is 0 Å². The zero-order valence-electron chi connectivity index (χ0n) is 32.1.